The van der Waals surface area contributed by atoms with Gasteiger partial charge in [-0.25, -0.2) is 9.78 Å². The van der Waals surface area contributed by atoms with E-state index in [-0.39, 0.29) is 11.7 Å². The summed E-state index contributed by atoms with van der Waals surface area (Å²) >= 11 is 3.79. The average Bonchev–Trinajstić information content (AvgIpc) is 3.25. The van der Waals surface area contributed by atoms with Crippen molar-refractivity contribution in [2.75, 3.05) is 31.6 Å². The first-order chi connectivity index (χ1) is 15.1. The van der Waals surface area contributed by atoms with Gasteiger partial charge in [0.1, 0.15) is 0 Å². The minimum absolute atomic E-state index is 0.106. The number of hydrogen-bond acceptors (Lipinski definition) is 6. The fraction of sp³-hybridized carbons (Fsp3) is 0.348. The van der Waals surface area contributed by atoms with Gasteiger partial charge < -0.3 is 9.64 Å². The zero-order valence-electron chi connectivity index (χ0n) is 17.1. The molecule has 6 nitrogen and oxygen atoms in total. The van der Waals surface area contributed by atoms with Gasteiger partial charge in [0, 0.05) is 27.3 Å². The molecule has 8 heteroatoms. The minimum atomic E-state index is -0.439. The summed E-state index contributed by atoms with van der Waals surface area (Å²) in [6.07, 6.45) is 2.10. The summed E-state index contributed by atoms with van der Waals surface area (Å²) in [5.41, 5.74) is 4.23. The molecule has 31 heavy (non-hydrogen) atoms. The van der Waals surface area contributed by atoms with Crippen LogP contribution in [0.15, 0.2) is 48.0 Å². The number of nitrogens with zero attached hydrogens (tertiary/aromatic N) is 2. The highest BCUT2D eigenvalue weighted by Crippen LogP contribution is 2.23. The second kappa shape index (κ2) is 10.5. The Bertz CT molecular complexity index is 1050. The minimum Gasteiger partial charge on any atom is -0.449 e. The number of halogens is 1. The largest absolute Gasteiger partial charge is 0.449 e. The molecule has 1 fully saturated rings. The van der Waals surface area contributed by atoms with Gasteiger partial charge in [0.2, 0.25) is 0 Å². The molecule has 1 amide bonds. The number of piperidine rings is 1. The number of ketones is 1. The standard InChI is InChI=1S/C23H24IN3O3S/c24-18-4-2-16(3-5-18)22(28)17-8-11-27(12-9-17)10-1-13-30-23(29)26-19-6-7-20-21(14-19)31-15-25-20/h2-7,14-15,17H,1,8-13H2,(H,26,29). The molecule has 0 bridgehead atoms. The predicted octanol–water partition coefficient (Wildman–Crippen LogP) is 5.43. The number of amides is 1. The fourth-order valence-corrected chi connectivity index (χ4v) is 4.88. The van der Waals surface area contributed by atoms with E-state index in [9.17, 15) is 9.59 Å². The van der Waals surface area contributed by atoms with E-state index in [0.717, 1.165) is 58.2 Å². The van der Waals surface area contributed by atoms with Crippen molar-refractivity contribution >= 4 is 61.7 Å². The highest BCUT2D eigenvalue weighted by atomic mass is 127. The molecule has 2 heterocycles. The topological polar surface area (TPSA) is 71.5 Å². The Kier molecular flexibility index (Phi) is 7.52. The lowest BCUT2D eigenvalue weighted by Gasteiger charge is -2.31. The number of carbonyl (C=O) groups excluding carboxylic acids is 2. The number of Topliss-reactive ketones (excluding diaryl/α,β-unsaturated/α-hetero) is 1. The molecule has 0 spiro atoms. The lowest BCUT2D eigenvalue weighted by Crippen LogP contribution is -2.37. The van der Waals surface area contributed by atoms with Crippen LogP contribution < -0.4 is 5.32 Å². The van der Waals surface area contributed by atoms with Crippen LogP contribution in [0.5, 0.6) is 0 Å². The molecule has 1 aliphatic rings. The maximum absolute atomic E-state index is 12.7. The van der Waals surface area contributed by atoms with Crippen LogP contribution in [0.2, 0.25) is 0 Å². The van der Waals surface area contributed by atoms with Crippen LogP contribution in [-0.2, 0) is 4.74 Å². The predicted molar refractivity (Wildman–Crippen MR) is 132 cm³/mol. The van der Waals surface area contributed by atoms with E-state index in [1.807, 2.05) is 42.5 Å². The molecular formula is C23H24IN3O3S. The molecule has 0 radical (unpaired) electrons. The van der Waals surface area contributed by atoms with Crippen molar-refractivity contribution in [2.45, 2.75) is 19.3 Å². The first-order valence-electron chi connectivity index (χ1n) is 10.4. The second-order valence-corrected chi connectivity index (χ2v) is 9.77. The smallest absolute Gasteiger partial charge is 0.411 e. The van der Waals surface area contributed by atoms with Gasteiger partial charge in [-0.15, -0.1) is 11.3 Å². The Morgan fingerprint density at radius 3 is 2.71 bits per heavy atom. The third-order valence-electron chi connectivity index (χ3n) is 5.52. The summed E-state index contributed by atoms with van der Waals surface area (Å²) in [5.74, 6) is 0.363. The van der Waals surface area contributed by atoms with Crippen molar-refractivity contribution in [1.29, 1.82) is 0 Å². The SMILES string of the molecule is O=C(Nc1ccc2ncsc2c1)OCCCN1CCC(C(=O)c2ccc(I)cc2)CC1. The van der Waals surface area contributed by atoms with Gasteiger partial charge in [-0.05, 0) is 85.3 Å². The number of ether oxygens (including phenoxy) is 1. The molecule has 0 unspecified atom stereocenters. The highest BCUT2D eigenvalue weighted by Gasteiger charge is 2.25. The first-order valence-corrected chi connectivity index (χ1v) is 12.3. The molecule has 0 aliphatic carbocycles. The molecule has 162 valence electrons. The third kappa shape index (κ3) is 6.02. The lowest BCUT2D eigenvalue weighted by atomic mass is 9.89. The number of nitrogens with one attached hydrogen (secondary N) is 1. The van der Waals surface area contributed by atoms with Crippen molar-refractivity contribution in [1.82, 2.24) is 9.88 Å². The molecule has 1 aliphatic heterocycles. The number of carbonyl (C=O) groups is 2. The third-order valence-corrected chi connectivity index (χ3v) is 7.03. The highest BCUT2D eigenvalue weighted by molar-refractivity contribution is 14.1. The van der Waals surface area contributed by atoms with E-state index in [1.165, 1.54) is 11.3 Å². The molecule has 0 atom stereocenters. The number of thiazole rings is 1. The molecule has 4 rings (SSSR count). The van der Waals surface area contributed by atoms with E-state index >= 15 is 0 Å². The van der Waals surface area contributed by atoms with Crippen LogP contribution in [0.4, 0.5) is 10.5 Å². The van der Waals surface area contributed by atoms with E-state index < -0.39 is 6.09 Å². The molecule has 3 aromatic rings. The number of aromatic nitrogens is 1. The van der Waals surface area contributed by atoms with E-state index in [0.29, 0.717) is 12.3 Å². The second-order valence-electron chi connectivity index (χ2n) is 7.64. The van der Waals surface area contributed by atoms with E-state index in [4.69, 9.17) is 4.74 Å². The molecular weight excluding hydrogens is 525 g/mol. The summed E-state index contributed by atoms with van der Waals surface area (Å²) in [5, 5.41) is 2.77. The van der Waals surface area contributed by atoms with Crippen molar-refractivity contribution in [2.24, 2.45) is 5.92 Å². The fourth-order valence-electron chi connectivity index (χ4n) is 3.81. The lowest BCUT2D eigenvalue weighted by molar-refractivity contribution is 0.0830. The van der Waals surface area contributed by atoms with Crippen molar-refractivity contribution < 1.29 is 14.3 Å². The zero-order chi connectivity index (χ0) is 21.6. The van der Waals surface area contributed by atoms with Gasteiger partial charge in [0.15, 0.2) is 5.78 Å². The van der Waals surface area contributed by atoms with Gasteiger partial charge in [0.25, 0.3) is 0 Å². The molecule has 1 saturated heterocycles. The molecule has 2 aromatic carbocycles. The number of likely N-dealkylation sites (tertiary alicyclic amines) is 1. The van der Waals surface area contributed by atoms with Crippen LogP contribution in [0.25, 0.3) is 10.2 Å². The Morgan fingerprint density at radius 2 is 1.94 bits per heavy atom. The summed E-state index contributed by atoms with van der Waals surface area (Å²) in [6, 6.07) is 13.4. The number of fused-ring (bicyclic) bond motifs is 1. The summed E-state index contributed by atoms with van der Waals surface area (Å²) in [6.45, 7) is 3.05. The van der Waals surface area contributed by atoms with Crippen molar-refractivity contribution in [3.8, 4) is 0 Å². The number of anilines is 1. The summed E-state index contributed by atoms with van der Waals surface area (Å²) < 4.78 is 7.48. The van der Waals surface area contributed by atoms with E-state index in [1.54, 1.807) is 5.51 Å². The Balaban J connectivity index is 1.13. The maximum atomic E-state index is 12.7. The number of hydrogen-bond donors (Lipinski definition) is 1. The number of benzene rings is 2. The van der Waals surface area contributed by atoms with E-state index in [2.05, 4.69) is 37.8 Å². The van der Waals surface area contributed by atoms with Gasteiger partial charge in [-0.2, -0.15) is 0 Å². The van der Waals surface area contributed by atoms with Crippen LogP contribution >= 0.6 is 33.9 Å². The molecule has 1 aromatic heterocycles. The Labute approximate surface area is 199 Å². The van der Waals surface area contributed by atoms with Gasteiger partial charge in [-0.3, -0.25) is 10.1 Å². The molecule has 0 saturated carbocycles. The quantitative estimate of drug-likeness (QED) is 0.242. The van der Waals surface area contributed by atoms with Crippen LogP contribution in [0.3, 0.4) is 0 Å². The zero-order valence-corrected chi connectivity index (χ0v) is 20.0. The number of rotatable bonds is 7. The first kappa shape index (κ1) is 22.2. The maximum Gasteiger partial charge on any atom is 0.411 e. The van der Waals surface area contributed by atoms with Crippen molar-refractivity contribution in [3.63, 3.8) is 0 Å². The Morgan fingerprint density at radius 1 is 1.16 bits per heavy atom. The normalized spacial score (nSPS) is 15.1. The van der Waals surface area contributed by atoms with Gasteiger partial charge in [0.05, 0.1) is 22.3 Å². The van der Waals surface area contributed by atoms with Crippen LogP contribution in [0, 0.1) is 9.49 Å². The average molecular weight is 549 g/mol. The van der Waals surface area contributed by atoms with Crippen molar-refractivity contribution in [3.05, 3.63) is 57.1 Å². The molecule has 1 N–H and O–H groups in total. The summed E-state index contributed by atoms with van der Waals surface area (Å²) in [4.78, 5) is 31.3. The van der Waals surface area contributed by atoms with Gasteiger partial charge >= 0.3 is 6.09 Å². The van der Waals surface area contributed by atoms with Gasteiger partial charge in [-0.1, -0.05) is 12.1 Å². The Hall–Kier alpha value is -2.04. The monoisotopic (exact) mass is 549 g/mol. The van der Waals surface area contributed by atoms with Crippen LogP contribution in [-0.4, -0.2) is 48.0 Å². The van der Waals surface area contributed by atoms with Crippen LogP contribution in [0.1, 0.15) is 29.6 Å². The summed E-state index contributed by atoms with van der Waals surface area (Å²) in [7, 11) is 0.